The zero-order chi connectivity index (χ0) is 25.9. The van der Waals surface area contributed by atoms with Crippen molar-refractivity contribution < 1.29 is 9.53 Å². The van der Waals surface area contributed by atoms with Crippen molar-refractivity contribution >= 4 is 22.6 Å². The molecule has 8 heteroatoms. The number of benzene rings is 2. The average molecular weight is 496 g/mol. The largest absolute Gasteiger partial charge is 0.489 e. The third-order valence-corrected chi connectivity index (χ3v) is 6.41. The van der Waals surface area contributed by atoms with E-state index in [1.807, 2.05) is 30.0 Å². The van der Waals surface area contributed by atoms with Crippen molar-refractivity contribution in [1.29, 1.82) is 0 Å². The highest BCUT2D eigenvalue weighted by Crippen LogP contribution is 2.20. The molecular weight excluding hydrogens is 466 g/mol. The van der Waals surface area contributed by atoms with E-state index >= 15 is 0 Å². The maximum absolute atomic E-state index is 13.4. The fourth-order valence-corrected chi connectivity index (χ4v) is 4.49. The standard InChI is InChI=1S/C29H29N5O3/c1-20(2)19-37-24-11-12-26-25(18-24)29(36)34(21(3)31-26)23-9-7-22(8-10-23)28(35)33-16-14-32(15-17-33)27-6-4-5-13-30-27/h4-13,18H,1,14-17,19H2,2-3H3. The van der Waals surface area contributed by atoms with Gasteiger partial charge in [-0.2, -0.15) is 0 Å². The normalized spacial score (nSPS) is 13.6. The summed E-state index contributed by atoms with van der Waals surface area (Å²) in [6.45, 7) is 10.6. The molecule has 1 aliphatic rings. The van der Waals surface area contributed by atoms with Crippen molar-refractivity contribution in [2.75, 3.05) is 37.7 Å². The van der Waals surface area contributed by atoms with Crippen molar-refractivity contribution in [3.8, 4) is 11.4 Å². The number of hydrogen-bond donors (Lipinski definition) is 0. The van der Waals surface area contributed by atoms with Crippen molar-refractivity contribution in [2.24, 2.45) is 0 Å². The number of aromatic nitrogens is 3. The molecule has 0 bridgehead atoms. The van der Waals surface area contributed by atoms with Crippen LogP contribution in [0.4, 0.5) is 5.82 Å². The first-order chi connectivity index (χ1) is 17.9. The highest BCUT2D eigenvalue weighted by molar-refractivity contribution is 5.94. The number of hydrogen-bond acceptors (Lipinski definition) is 6. The Bertz CT molecular complexity index is 1500. The summed E-state index contributed by atoms with van der Waals surface area (Å²) in [5.74, 6) is 2.07. The lowest BCUT2D eigenvalue weighted by Crippen LogP contribution is -2.49. The van der Waals surface area contributed by atoms with Crippen LogP contribution in [0.1, 0.15) is 23.1 Å². The molecule has 5 rings (SSSR count). The van der Waals surface area contributed by atoms with Gasteiger partial charge in [-0.25, -0.2) is 9.97 Å². The molecule has 0 atom stereocenters. The van der Waals surface area contributed by atoms with Gasteiger partial charge in [0, 0.05) is 37.9 Å². The molecule has 188 valence electrons. The van der Waals surface area contributed by atoms with E-state index in [1.54, 1.807) is 60.2 Å². The SMILES string of the molecule is C=C(C)COc1ccc2nc(C)n(-c3ccc(C(=O)N4CCN(c5ccccn5)CC4)cc3)c(=O)c2c1. The second kappa shape index (κ2) is 10.3. The number of anilines is 1. The lowest BCUT2D eigenvalue weighted by Gasteiger charge is -2.35. The van der Waals surface area contributed by atoms with Gasteiger partial charge in [-0.3, -0.25) is 14.2 Å². The molecule has 0 aliphatic carbocycles. The molecule has 1 saturated heterocycles. The lowest BCUT2D eigenvalue weighted by atomic mass is 10.1. The summed E-state index contributed by atoms with van der Waals surface area (Å²) in [4.78, 5) is 39.6. The van der Waals surface area contributed by atoms with Crippen LogP contribution in [-0.2, 0) is 0 Å². The lowest BCUT2D eigenvalue weighted by molar-refractivity contribution is 0.0746. The smallest absolute Gasteiger partial charge is 0.266 e. The number of carbonyl (C=O) groups excluding carboxylic acids is 1. The molecule has 0 radical (unpaired) electrons. The summed E-state index contributed by atoms with van der Waals surface area (Å²) in [5.41, 5.74) is 2.56. The minimum atomic E-state index is -0.187. The molecular formula is C29H29N5O3. The fraction of sp³-hybridized carbons (Fsp3) is 0.241. The Labute approximate surface area is 215 Å². The molecule has 3 heterocycles. The van der Waals surface area contributed by atoms with Gasteiger partial charge in [0.2, 0.25) is 0 Å². The molecule has 2 aromatic carbocycles. The van der Waals surface area contributed by atoms with Gasteiger partial charge in [-0.1, -0.05) is 12.6 Å². The van der Waals surface area contributed by atoms with Crippen LogP contribution < -0.4 is 15.2 Å². The molecule has 0 spiro atoms. The van der Waals surface area contributed by atoms with E-state index in [9.17, 15) is 9.59 Å². The minimum Gasteiger partial charge on any atom is -0.489 e. The topological polar surface area (TPSA) is 80.6 Å². The third-order valence-electron chi connectivity index (χ3n) is 6.41. The number of nitrogens with zero attached hydrogens (tertiary/aromatic N) is 5. The molecule has 8 nitrogen and oxygen atoms in total. The molecule has 1 fully saturated rings. The third kappa shape index (κ3) is 5.09. The van der Waals surface area contributed by atoms with Crippen molar-refractivity contribution in [3.63, 3.8) is 0 Å². The number of carbonyl (C=O) groups is 1. The first-order valence-electron chi connectivity index (χ1n) is 12.3. The van der Waals surface area contributed by atoms with Gasteiger partial charge in [0.05, 0.1) is 16.6 Å². The highest BCUT2D eigenvalue weighted by Gasteiger charge is 2.23. The number of aryl methyl sites for hydroxylation is 1. The van der Waals surface area contributed by atoms with Gasteiger partial charge in [0.25, 0.3) is 11.5 Å². The van der Waals surface area contributed by atoms with Gasteiger partial charge >= 0.3 is 0 Å². The molecule has 4 aromatic rings. The summed E-state index contributed by atoms with van der Waals surface area (Å²) in [6, 6.07) is 18.3. The zero-order valence-corrected chi connectivity index (χ0v) is 21.1. The maximum Gasteiger partial charge on any atom is 0.266 e. The predicted molar refractivity (Wildman–Crippen MR) is 145 cm³/mol. The Hall–Kier alpha value is -4.46. The van der Waals surface area contributed by atoms with Crippen molar-refractivity contribution in [3.05, 3.63) is 101 Å². The monoisotopic (exact) mass is 495 g/mol. The molecule has 2 aromatic heterocycles. The average Bonchev–Trinajstić information content (AvgIpc) is 2.92. The summed E-state index contributed by atoms with van der Waals surface area (Å²) in [7, 11) is 0. The molecule has 1 aliphatic heterocycles. The number of amides is 1. The van der Waals surface area contributed by atoms with E-state index in [0.717, 1.165) is 24.5 Å². The summed E-state index contributed by atoms with van der Waals surface area (Å²) < 4.78 is 7.27. The highest BCUT2D eigenvalue weighted by atomic mass is 16.5. The summed E-state index contributed by atoms with van der Waals surface area (Å²) in [6.07, 6.45) is 1.78. The van der Waals surface area contributed by atoms with Gasteiger partial charge in [-0.15, -0.1) is 0 Å². The summed E-state index contributed by atoms with van der Waals surface area (Å²) >= 11 is 0. The number of rotatable bonds is 6. The fourth-order valence-electron chi connectivity index (χ4n) is 4.49. The zero-order valence-electron chi connectivity index (χ0n) is 21.1. The number of fused-ring (bicyclic) bond motifs is 1. The van der Waals surface area contributed by atoms with Gasteiger partial charge in [0.15, 0.2) is 0 Å². The van der Waals surface area contributed by atoms with Crippen LogP contribution in [0, 0.1) is 6.92 Å². The minimum absolute atomic E-state index is 0.0211. The number of piperazine rings is 1. The van der Waals surface area contributed by atoms with E-state index in [2.05, 4.69) is 21.4 Å². The molecule has 37 heavy (non-hydrogen) atoms. The quantitative estimate of drug-likeness (QED) is 0.376. The Morgan fingerprint density at radius 1 is 1.03 bits per heavy atom. The van der Waals surface area contributed by atoms with Crippen LogP contribution in [0.3, 0.4) is 0 Å². The van der Waals surface area contributed by atoms with E-state index in [0.29, 0.717) is 53.4 Å². The van der Waals surface area contributed by atoms with Crippen molar-refractivity contribution in [2.45, 2.75) is 13.8 Å². The summed E-state index contributed by atoms with van der Waals surface area (Å²) in [5, 5.41) is 0.468. The Morgan fingerprint density at radius 3 is 2.46 bits per heavy atom. The van der Waals surface area contributed by atoms with Gasteiger partial charge in [-0.05, 0) is 74.0 Å². The van der Waals surface area contributed by atoms with E-state index in [-0.39, 0.29) is 11.5 Å². The Kier molecular flexibility index (Phi) is 6.72. The number of pyridine rings is 1. The Balaban J connectivity index is 1.34. The van der Waals surface area contributed by atoms with E-state index in [4.69, 9.17) is 4.74 Å². The predicted octanol–water partition coefficient (Wildman–Crippen LogP) is 4.01. The van der Waals surface area contributed by atoms with Gasteiger partial charge in [0.1, 0.15) is 24.0 Å². The first-order valence-corrected chi connectivity index (χ1v) is 12.3. The van der Waals surface area contributed by atoms with Crippen molar-refractivity contribution in [1.82, 2.24) is 19.4 Å². The maximum atomic E-state index is 13.4. The van der Waals surface area contributed by atoms with Crippen LogP contribution in [0.25, 0.3) is 16.6 Å². The van der Waals surface area contributed by atoms with E-state index in [1.165, 1.54) is 0 Å². The van der Waals surface area contributed by atoms with Crippen LogP contribution in [0.15, 0.2) is 83.8 Å². The number of ether oxygens (including phenoxy) is 1. The second-order valence-corrected chi connectivity index (χ2v) is 9.24. The van der Waals surface area contributed by atoms with Crippen LogP contribution >= 0.6 is 0 Å². The Morgan fingerprint density at radius 2 is 1.78 bits per heavy atom. The molecule has 0 N–H and O–H groups in total. The van der Waals surface area contributed by atoms with Gasteiger partial charge < -0.3 is 14.5 Å². The molecule has 0 unspecified atom stereocenters. The van der Waals surface area contributed by atoms with E-state index < -0.39 is 0 Å². The molecule has 1 amide bonds. The van der Waals surface area contributed by atoms with Crippen LogP contribution in [0.5, 0.6) is 5.75 Å². The van der Waals surface area contributed by atoms with Crippen LogP contribution in [-0.4, -0.2) is 58.1 Å². The van der Waals surface area contributed by atoms with Crippen LogP contribution in [0.2, 0.25) is 0 Å². The first kappa shape index (κ1) is 24.2. The molecule has 0 saturated carbocycles. The second-order valence-electron chi connectivity index (χ2n) is 9.24.